The minimum absolute atomic E-state index is 0.138. The molecule has 0 bridgehead atoms. The number of fused-ring (bicyclic) bond motifs is 2. The van der Waals surface area contributed by atoms with E-state index >= 15 is 0 Å². The smallest absolute Gasteiger partial charge is 0.231 e. The summed E-state index contributed by atoms with van der Waals surface area (Å²) in [6.07, 6.45) is 1.75. The van der Waals surface area contributed by atoms with E-state index in [1.54, 1.807) is 18.2 Å². The van der Waals surface area contributed by atoms with E-state index in [0.29, 0.717) is 43.5 Å². The summed E-state index contributed by atoms with van der Waals surface area (Å²) in [7, 11) is 0. The maximum absolute atomic E-state index is 13.2. The van der Waals surface area contributed by atoms with Crippen LogP contribution < -0.4 is 14.2 Å². The van der Waals surface area contributed by atoms with Crippen molar-refractivity contribution in [2.75, 3.05) is 13.3 Å². The maximum Gasteiger partial charge on any atom is 0.231 e. The highest BCUT2D eigenvalue weighted by atomic mass is 19.1. The van der Waals surface area contributed by atoms with Crippen LogP contribution in [0.15, 0.2) is 60.4 Å². The third-order valence-electron chi connectivity index (χ3n) is 5.81. The molecule has 0 N–H and O–H groups in total. The fourth-order valence-corrected chi connectivity index (χ4v) is 4.22. The van der Waals surface area contributed by atoms with Gasteiger partial charge in [0.05, 0.1) is 12.2 Å². The van der Waals surface area contributed by atoms with Gasteiger partial charge >= 0.3 is 0 Å². The van der Waals surface area contributed by atoms with Crippen molar-refractivity contribution in [3.05, 3.63) is 94.0 Å². The van der Waals surface area contributed by atoms with Gasteiger partial charge in [-0.15, -0.1) is 0 Å². The van der Waals surface area contributed by atoms with E-state index in [-0.39, 0.29) is 11.6 Å². The molecule has 0 fully saturated rings. The molecule has 0 atom stereocenters. The second kappa shape index (κ2) is 8.71. The lowest BCUT2D eigenvalue weighted by Gasteiger charge is -2.30. The highest BCUT2D eigenvalue weighted by Gasteiger charge is 2.33. The van der Waals surface area contributed by atoms with Crippen molar-refractivity contribution >= 4 is 11.9 Å². The number of ketones is 1. The molecule has 6 heteroatoms. The second-order valence-electron chi connectivity index (χ2n) is 8.20. The molecule has 2 aliphatic heterocycles. The van der Waals surface area contributed by atoms with Crippen LogP contribution >= 0.6 is 0 Å². The van der Waals surface area contributed by atoms with Crippen LogP contribution in [0.5, 0.6) is 17.2 Å². The Labute approximate surface area is 192 Å². The summed E-state index contributed by atoms with van der Waals surface area (Å²) in [5, 5.41) is 0. The number of Topliss-reactive ketones (excluding diaryl/α,β-unsaturated/α-hetero) is 1. The molecule has 0 aliphatic carbocycles. The molecule has 168 valence electrons. The minimum atomic E-state index is -0.252. The van der Waals surface area contributed by atoms with Gasteiger partial charge in [0.25, 0.3) is 0 Å². The zero-order chi connectivity index (χ0) is 22.9. The molecule has 5 nitrogen and oxygen atoms in total. The van der Waals surface area contributed by atoms with Crippen LogP contribution in [-0.4, -0.2) is 24.0 Å². The van der Waals surface area contributed by atoms with Gasteiger partial charge in [-0.2, -0.15) is 0 Å². The van der Waals surface area contributed by atoms with E-state index in [9.17, 15) is 9.18 Å². The van der Waals surface area contributed by atoms with Gasteiger partial charge in [0, 0.05) is 24.2 Å². The van der Waals surface area contributed by atoms with E-state index < -0.39 is 0 Å². The Bertz CT molecular complexity index is 1230. The Morgan fingerprint density at radius 3 is 2.58 bits per heavy atom. The molecule has 33 heavy (non-hydrogen) atoms. The van der Waals surface area contributed by atoms with Crippen molar-refractivity contribution in [1.29, 1.82) is 0 Å². The molecule has 2 aliphatic rings. The van der Waals surface area contributed by atoms with E-state index in [0.717, 1.165) is 33.8 Å². The molecule has 3 aromatic carbocycles. The Morgan fingerprint density at radius 2 is 1.85 bits per heavy atom. The number of hydrogen-bond donors (Lipinski definition) is 0. The van der Waals surface area contributed by atoms with Crippen LogP contribution in [0.2, 0.25) is 0 Å². The lowest BCUT2D eigenvalue weighted by molar-refractivity contribution is 0.0876. The molecule has 2 heterocycles. The molecule has 0 amide bonds. The molecule has 3 aromatic rings. The first-order valence-corrected chi connectivity index (χ1v) is 10.9. The number of rotatable bonds is 5. The highest BCUT2D eigenvalue weighted by Crippen LogP contribution is 2.43. The lowest BCUT2D eigenvalue weighted by Crippen LogP contribution is -2.32. The fourth-order valence-electron chi connectivity index (χ4n) is 4.22. The van der Waals surface area contributed by atoms with Crippen molar-refractivity contribution in [2.45, 2.75) is 26.9 Å². The predicted octanol–water partition coefficient (Wildman–Crippen LogP) is 5.50. The van der Waals surface area contributed by atoms with Crippen molar-refractivity contribution in [3.8, 4) is 17.2 Å². The first kappa shape index (κ1) is 21.2. The Kier molecular flexibility index (Phi) is 5.60. The zero-order valence-corrected chi connectivity index (χ0v) is 18.6. The first-order valence-electron chi connectivity index (χ1n) is 10.9. The maximum atomic E-state index is 13.2. The van der Waals surface area contributed by atoms with Crippen LogP contribution in [0.1, 0.15) is 39.5 Å². The fraction of sp³-hybridized carbons (Fsp3) is 0.222. The summed E-state index contributed by atoms with van der Waals surface area (Å²) in [5.41, 5.74) is 4.18. The average Bonchev–Trinajstić information content (AvgIpc) is 3.12. The summed E-state index contributed by atoms with van der Waals surface area (Å²) in [6, 6.07) is 15.9. The number of allylic oxidation sites excluding steroid dienone is 1. The second-order valence-corrected chi connectivity index (χ2v) is 8.20. The number of nitrogens with zero attached hydrogens (tertiary/aromatic N) is 1. The van der Waals surface area contributed by atoms with Gasteiger partial charge in [-0.1, -0.05) is 24.3 Å². The van der Waals surface area contributed by atoms with Crippen LogP contribution in [0.3, 0.4) is 0 Å². The third kappa shape index (κ3) is 4.22. The van der Waals surface area contributed by atoms with Gasteiger partial charge in [-0.05, 0) is 61.4 Å². The first-order chi connectivity index (χ1) is 16.0. The summed E-state index contributed by atoms with van der Waals surface area (Å²) in [5.74, 6) is 2.01. The monoisotopic (exact) mass is 445 g/mol. The van der Waals surface area contributed by atoms with E-state index in [4.69, 9.17) is 14.2 Å². The normalized spacial score (nSPS) is 16.2. The van der Waals surface area contributed by atoms with Crippen molar-refractivity contribution in [3.63, 3.8) is 0 Å². The van der Waals surface area contributed by atoms with Crippen molar-refractivity contribution in [2.24, 2.45) is 0 Å². The predicted molar refractivity (Wildman–Crippen MR) is 123 cm³/mol. The van der Waals surface area contributed by atoms with Gasteiger partial charge in [0.2, 0.25) is 5.78 Å². The molecular weight excluding hydrogens is 421 g/mol. The molecule has 0 unspecified atom stereocenters. The van der Waals surface area contributed by atoms with Crippen LogP contribution in [0, 0.1) is 12.7 Å². The van der Waals surface area contributed by atoms with Crippen molar-refractivity contribution < 1.29 is 23.4 Å². The Hall–Kier alpha value is -3.64. The average molecular weight is 445 g/mol. The number of carbonyl (C=O) groups is 1. The van der Waals surface area contributed by atoms with Gasteiger partial charge < -0.3 is 14.2 Å². The molecule has 0 saturated carbocycles. The molecular formula is C27H24FNO4. The van der Waals surface area contributed by atoms with Gasteiger partial charge in [-0.25, -0.2) is 4.39 Å². The van der Waals surface area contributed by atoms with E-state index in [2.05, 4.69) is 4.90 Å². The molecule has 0 radical (unpaired) electrons. The third-order valence-corrected chi connectivity index (χ3v) is 5.81. The molecule has 0 saturated heterocycles. The van der Waals surface area contributed by atoms with Gasteiger partial charge in [0.1, 0.15) is 29.8 Å². The summed E-state index contributed by atoms with van der Waals surface area (Å²) < 4.78 is 30.7. The highest BCUT2D eigenvalue weighted by molar-refractivity contribution is 6.15. The Morgan fingerprint density at radius 1 is 1.09 bits per heavy atom. The quantitative estimate of drug-likeness (QED) is 0.485. The number of halogens is 1. The van der Waals surface area contributed by atoms with Crippen LogP contribution in [0.25, 0.3) is 6.08 Å². The molecule has 0 aromatic heterocycles. The molecule has 0 spiro atoms. The SMILES string of the molecule is CCOc1ccc(/C=C2\Oc3c(cc4c(c3C)OCN(Cc3ccc(F)cc3)C4)C2=O)cc1. The van der Waals surface area contributed by atoms with Crippen LogP contribution in [0.4, 0.5) is 4.39 Å². The van der Waals surface area contributed by atoms with Crippen LogP contribution in [-0.2, 0) is 13.1 Å². The molecule has 5 rings (SSSR count). The van der Waals surface area contributed by atoms with Gasteiger partial charge in [0.15, 0.2) is 5.76 Å². The lowest BCUT2D eigenvalue weighted by atomic mass is 10.00. The zero-order valence-electron chi connectivity index (χ0n) is 18.6. The minimum Gasteiger partial charge on any atom is -0.494 e. The number of hydrogen-bond acceptors (Lipinski definition) is 5. The van der Waals surface area contributed by atoms with Gasteiger partial charge in [-0.3, -0.25) is 9.69 Å². The van der Waals surface area contributed by atoms with Crippen molar-refractivity contribution in [1.82, 2.24) is 4.90 Å². The largest absolute Gasteiger partial charge is 0.494 e. The van der Waals surface area contributed by atoms with E-state index in [1.165, 1.54) is 12.1 Å². The number of ether oxygens (including phenoxy) is 3. The summed E-state index contributed by atoms with van der Waals surface area (Å²) >= 11 is 0. The van der Waals surface area contributed by atoms with E-state index in [1.807, 2.05) is 44.2 Å². The topological polar surface area (TPSA) is 48.0 Å². The number of carbonyl (C=O) groups excluding carboxylic acids is 1. The summed E-state index contributed by atoms with van der Waals surface area (Å²) in [4.78, 5) is 15.2. The summed E-state index contributed by atoms with van der Waals surface area (Å²) in [6.45, 7) is 6.12. The standard InChI is InChI=1S/C27H24FNO4/c1-3-31-22-10-6-18(7-11-22)12-24-25(30)23-13-20-15-29(14-19-4-8-21(28)9-5-19)16-32-26(20)17(2)27(23)33-24/h4-13H,3,14-16H2,1-2H3/b24-12-. The Balaban J connectivity index is 1.37. The number of benzene rings is 3.